The molecule has 1 aliphatic rings. The minimum Gasteiger partial charge on any atom is -0.461 e. The number of rotatable bonds is 5. The Labute approximate surface area is 139 Å². The van der Waals surface area contributed by atoms with E-state index in [9.17, 15) is 4.79 Å². The molecule has 24 heavy (non-hydrogen) atoms. The number of nitrogens with zero attached hydrogens (tertiary/aromatic N) is 3. The summed E-state index contributed by atoms with van der Waals surface area (Å²) < 4.78 is 7.11. The maximum Gasteiger partial charge on any atom is 0.291 e. The highest BCUT2D eigenvalue weighted by atomic mass is 16.3. The van der Waals surface area contributed by atoms with Crippen molar-refractivity contribution in [2.75, 3.05) is 6.54 Å². The maximum atomic E-state index is 12.3. The Morgan fingerprint density at radius 3 is 2.92 bits per heavy atom. The van der Waals surface area contributed by atoms with Gasteiger partial charge in [-0.2, -0.15) is 4.98 Å². The minimum absolute atomic E-state index is 0.156. The molecule has 0 saturated heterocycles. The van der Waals surface area contributed by atoms with Gasteiger partial charge in [-0.3, -0.25) is 4.79 Å². The van der Waals surface area contributed by atoms with Crippen LogP contribution in [-0.2, 0) is 0 Å². The van der Waals surface area contributed by atoms with Gasteiger partial charge < -0.3 is 9.73 Å². The lowest BCUT2D eigenvalue weighted by Crippen LogP contribution is -2.26. The number of hydrogen-bond acceptors (Lipinski definition) is 4. The molecule has 1 aliphatic carbocycles. The number of benzene rings is 1. The molecule has 4 rings (SSSR count). The van der Waals surface area contributed by atoms with Crippen molar-refractivity contribution in [2.45, 2.75) is 19.8 Å². The predicted octanol–water partition coefficient (Wildman–Crippen LogP) is 2.98. The predicted molar refractivity (Wildman–Crippen MR) is 88.9 cm³/mol. The molecule has 1 saturated carbocycles. The Bertz CT molecular complexity index is 863. The smallest absolute Gasteiger partial charge is 0.291 e. The van der Waals surface area contributed by atoms with Gasteiger partial charge in [0.1, 0.15) is 0 Å². The molecule has 3 aromatic rings. The molecular weight excluding hydrogens is 304 g/mol. The molecule has 6 heteroatoms. The fourth-order valence-corrected chi connectivity index (χ4v) is 2.55. The van der Waals surface area contributed by atoms with Crippen molar-refractivity contribution < 1.29 is 9.21 Å². The second kappa shape index (κ2) is 5.96. The van der Waals surface area contributed by atoms with Crippen LogP contribution in [0.5, 0.6) is 0 Å². The van der Waals surface area contributed by atoms with E-state index in [4.69, 9.17) is 4.42 Å². The minimum atomic E-state index is -0.249. The SMILES string of the molecule is Cc1cccc(-n2nc(C(=O)NCC3CC3)nc2-c2ccco2)c1. The highest BCUT2D eigenvalue weighted by Crippen LogP contribution is 2.27. The molecule has 122 valence electrons. The number of carbonyl (C=O) groups excluding carboxylic acids is 1. The van der Waals surface area contributed by atoms with Crippen LogP contribution < -0.4 is 5.32 Å². The Morgan fingerprint density at radius 2 is 2.21 bits per heavy atom. The van der Waals surface area contributed by atoms with E-state index in [2.05, 4.69) is 15.4 Å². The first-order valence-corrected chi connectivity index (χ1v) is 8.07. The largest absolute Gasteiger partial charge is 0.461 e. The summed E-state index contributed by atoms with van der Waals surface area (Å²) in [7, 11) is 0. The third kappa shape index (κ3) is 2.95. The average Bonchev–Trinajstić information content (AvgIpc) is 3.08. The van der Waals surface area contributed by atoms with E-state index < -0.39 is 0 Å². The van der Waals surface area contributed by atoms with Gasteiger partial charge in [0.25, 0.3) is 5.91 Å². The Kier molecular flexibility index (Phi) is 3.65. The molecule has 2 aromatic heterocycles. The molecule has 0 spiro atoms. The van der Waals surface area contributed by atoms with Gasteiger partial charge in [0.2, 0.25) is 5.82 Å². The van der Waals surface area contributed by atoms with Gasteiger partial charge in [-0.25, -0.2) is 4.68 Å². The molecular formula is C18H18N4O2. The second-order valence-electron chi connectivity index (χ2n) is 6.14. The van der Waals surface area contributed by atoms with Crippen molar-refractivity contribution in [3.8, 4) is 17.3 Å². The van der Waals surface area contributed by atoms with Crippen LogP contribution in [0.2, 0.25) is 0 Å². The second-order valence-corrected chi connectivity index (χ2v) is 6.14. The first-order chi connectivity index (χ1) is 11.7. The first-order valence-electron chi connectivity index (χ1n) is 8.07. The van der Waals surface area contributed by atoms with Crippen LogP contribution in [-0.4, -0.2) is 27.2 Å². The monoisotopic (exact) mass is 322 g/mol. The van der Waals surface area contributed by atoms with Crippen LogP contribution in [0.15, 0.2) is 47.1 Å². The molecule has 1 N–H and O–H groups in total. The van der Waals surface area contributed by atoms with Crippen LogP contribution in [0, 0.1) is 12.8 Å². The number of nitrogens with one attached hydrogen (secondary N) is 1. The lowest BCUT2D eigenvalue weighted by molar-refractivity contribution is 0.0941. The van der Waals surface area contributed by atoms with Gasteiger partial charge in [-0.15, -0.1) is 5.10 Å². The van der Waals surface area contributed by atoms with Crippen molar-refractivity contribution in [1.29, 1.82) is 0 Å². The summed E-state index contributed by atoms with van der Waals surface area (Å²) in [6.45, 7) is 2.70. The van der Waals surface area contributed by atoms with Gasteiger partial charge in [-0.05, 0) is 55.5 Å². The fraction of sp³-hybridized carbons (Fsp3) is 0.278. The van der Waals surface area contributed by atoms with Crippen molar-refractivity contribution in [1.82, 2.24) is 20.1 Å². The standard InChI is InChI=1S/C18H18N4O2/c1-12-4-2-5-14(10-12)22-17(15-6-3-9-24-15)20-16(21-22)18(23)19-11-13-7-8-13/h2-6,9-10,13H,7-8,11H2,1H3,(H,19,23). The Hall–Kier alpha value is -2.89. The van der Waals surface area contributed by atoms with E-state index in [1.54, 1.807) is 17.0 Å². The lowest BCUT2D eigenvalue weighted by atomic mass is 10.2. The molecule has 0 aliphatic heterocycles. The first kappa shape index (κ1) is 14.7. The third-order valence-electron chi connectivity index (χ3n) is 4.05. The van der Waals surface area contributed by atoms with Crippen LogP contribution >= 0.6 is 0 Å². The van der Waals surface area contributed by atoms with Crippen molar-refractivity contribution in [2.24, 2.45) is 5.92 Å². The van der Waals surface area contributed by atoms with E-state index in [0.29, 0.717) is 24.0 Å². The average molecular weight is 322 g/mol. The van der Waals surface area contributed by atoms with Crippen molar-refractivity contribution >= 4 is 5.91 Å². The summed E-state index contributed by atoms with van der Waals surface area (Å²) >= 11 is 0. The molecule has 6 nitrogen and oxygen atoms in total. The molecule has 1 amide bonds. The van der Waals surface area contributed by atoms with E-state index in [1.165, 1.54) is 12.8 Å². The molecule has 0 bridgehead atoms. The van der Waals surface area contributed by atoms with Crippen LogP contribution in [0.3, 0.4) is 0 Å². The zero-order valence-electron chi connectivity index (χ0n) is 13.4. The van der Waals surface area contributed by atoms with E-state index in [0.717, 1.165) is 11.3 Å². The van der Waals surface area contributed by atoms with E-state index in [-0.39, 0.29) is 11.7 Å². The quantitative estimate of drug-likeness (QED) is 0.784. The van der Waals surface area contributed by atoms with Gasteiger partial charge in [0.15, 0.2) is 11.6 Å². The number of furan rings is 1. The van der Waals surface area contributed by atoms with Crippen molar-refractivity contribution in [3.05, 3.63) is 54.0 Å². The normalized spacial score (nSPS) is 13.9. The topological polar surface area (TPSA) is 73.0 Å². The zero-order valence-corrected chi connectivity index (χ0v) is 13.4. The zero-order chi connectivity index (χ0) is 16.5. The summed E-state index contributed by atoms with van der Waals surface area (Å²) in [6.07, 6.45) is 3.95. The van der Waals surface area contributed by atoms with Crippen LogP contribution in [0.25, 0.3) is 17.3 Å². The molecule has 0 unspecified atom stereocenters. The van der Waals surface area contributed by atoms with Crippen LogP contribution in [0.1, 0.15) is 29.0 Å². The van der Waals surface area contributed by atoms with Gasteiger partial charge in [-0.1, -0.05) is 12.1 Å². The molecule has 1 fully saturated rings. The van der Waals surface area contributed by atoms with Gasteiger partial charge >= 0.3 is 0 Å². The van der Waals surface area contributed by atoms with Gasteiger partial charge in [0.05, 0.1) is 12.0 Å². The highest BCUT2D eigenvalue weighted by molar-refractivity contribution is 5.90. The molecule has 2 heterocycles. The summed E-state index contributed by atoms with van der Waals surface area (Å²) in [6, 6.07) is 11.5. The number of aryl methyl sites for hydroxylation is 1. The third-order valence-corrected chi connectivity index (χ3v) is 4.05. The summed E-state index contributed by atoms with van der Waals surface area (Å²) in [5.41, 5.74) is 1.95. The number of hydrogen-bond donors (Lipinski definition) is 1. The molecule has 0 radical (unpaired) electrons. The summed E-state index contributed by atoms with van der Waals surface area (Å²) in [5.74, 6) is 1.61. The Morgan fingerprint density at radius 1 is 1.33 bits per heavy atom. The lowest BCUT2D eigenvalue weighted by Gasteiger charge is -2.04. The highest BCUT2D eigenvalue weighted by Gasteiger charge is 2.24. The summed E-state index contributed by atoms with van der Waals surface area (Å²) in [4.78, 5) is 16.7. The maximum absolute atomic E-state index is 12.3. The molecule has 0 atom stereocenters. The van der Waals surface area contributed by atoms with E-state index >= 15 is 0 Å². The fourth-order valence-electron chi connectivity index (χ4n) is 2.55. The number of carbonyl (C=O) groups is 1. The summed E-state index contributed by atoms with van der Waals surface area (Å²) in [5, 5.41) is 7.31. The number of amides is 1. The van der Waals surface area contributed by atoms with Crippen LogP contribution in [0.4, 0.5) is 0 Å². The van der Waals surface area contributed by atoms with E-state index in [1.807, 2.05) is 37.3 Å². The number of aromatic nitrogens is 3. The van der Waals surface area contributed by atoms with Gasteiger partial charge in [0, 0.05) is 6.54 Å². The van der Waals surface area contributed by atoms with Crippen molar-refractivity contribution in [3.63, 3.8) is 0 Å². The molecule has 1 aromatic carbocycles. The Balaban J connectivity index is 1.71.